The molecule has 5 N–H and O–H groups in total. The summed E-state index contributed by atoms with van der Waals surface area (Å²) in [4.78, 5) is 61.3. The molecule has 0 atom stereocenters. The van der Waals surface area contributed by atoms with Crippen molar-refractivity contribution < 1.29 is 125 Å². The monoisotopic (exact) mass is 2070 g/mol. The van der Waals surface area contributed by atoms with Crippen LogP contribution in [-0.2, 0) is 106 Å². The Morgan fingerprint density at radius 1 is 0.382 bits per heavy atom. The number of hydrogen-bond acceptors (Lipinski definition) is 13. The zero-order valence-electron chi connectivity index (χ0n) is 57.7. The number of carbonyl (C=O) groups excluding carboxylic acids is 4. The maximum atomic E-state index is 10.0. The Bertz CT molecular complexity index is 4710. The number of nitrogens with zero attached hydrogens (tertiary/aromatic N) is 5. The Morgan fingerprint density at radius 2 is 0.696 bits per heavy atom. The number of allylic oxidation sites excluding steroid dienone is 8. The minimum absolute atomic E-state index is 0. The Morgan fingerprint density at radius 3 is 1.00 bits per heavy atom. The minimum Gasteiger partial charge on any atom is -0.512 e. The van der Waals surface area contributed by atoms with Gasteiger partial charge in [-0.1, -0.05) is 135 Å². The quantitative estimate of drug-likeness (QED) is 0.0516. The topological polar surface area (TPSA) is 225 Å². The molecule has 0 amide bonds. The summed E-state index contributed by atoms with van der Waals surface area (Å²) < 4.78 is 0. The molecule has 0 fully saturated rings. The van der Waals surface area contributed by atoms with Crippen LogP contribution < -0.4 is 0 Å². The van der Waals surface area contributed by atoms with Gasteiger partial charge in [0.1, 0.15) is 5.69 Å². The molecule has 102 heavy (non-hydrogen) atoms. The maximum Gasteiger partial charge on any atom is 0.155 e. The summed E-state index contributed by atoms with van der Waals surface area (Å²) in [5.41, 5.74) is 11.4. The molecule has 8 aromatic carbocycles. The first-order valence-corrected chi connectivity index (χ1v) is 30.8. The van der Waals surface area contributed by atoms with E-state index >= 15 is 0 Å². The average molecular weight is 2070 g/mol. The zero-order valence-corrected chi connectivity index (χ0v) is 67.3. The molecule has 0 aliphatic carbocycles. The van der Waals surface area contributed by atoms with Crippen LogP contribution in [0.25, 0.3) is 93.0 Å². The van der Waals surface area contributed by atoms with E-state index in [9.17, 15) is 19.2 Å². The van der Waals surface area contributed by atoms with Crippen LogP contribution in [0, 0.1) is 44.7 Å². The first-order valence-electron chi connectivity index (χ1n) is 30.8. The normalized spacial score (nSPS) is 10.4. The van der Waals surface area contributed by atoms with E-state index < -0.39 is 0 Å². The van der Waals surface area contributed by atoms with Gasteiger partial charge in [0.2, 0.25) is 0 Å². The molecule has 0 bridgehead atoms. The number of hydrogen-bond donors (Lipinski definition) is 5. The second-order valence-corrected chi connectivity index (χ2v) is 22.1. The summed E-state index contributed by atoms with van der Waals surface area (Å²) in [6.45, 7) is 22.6. The van der Waals surface area contributed by atoms with Crippen LogP contribution in [0.15, 0.2) is 266 Å². The van der Waals surface area contributed by atoms with Gasteiger partial charge < -0.3 is 45.5 Å². The fourth-order valence-corrected chi connectivity index (χ4v) is 9.12. The van der Waals surface area contributed by atoms with Crippen molar-refractivity contribution in [2.75, 3.05) is 0 Å². The second kappa shape index (κ2) is 48.2. The fourth-order valence-electron chi connectivity index (χ4n) is 9.12. The van der Waals surface area contributed by atoms with E-state index in [1.54, 1.807) is 12.1 Å². The van der Waals surface area contributed by atoms with E-state index in [1.165, 1.54) is 107 Å². The molecular weight excluding hydrogens is 1990 g/mol. The standard InChI is InChI=1S/C17H14N.C16H9N2.C16H12NO.C15H10N.4C5H8O2.4Ir/c1-12-7-13(2)9-16(8-12)17-10-14-5-3-4-6-15(14)11-18-17;1-17-15-8-4-7-13(9-15)16-10-12-5-2-3-6-14(12)11-18-16;18-11-12-4-3-7-14(8-12)16-9-13-5-1-2-6-15(13)10-17-16;1-2-6-12(7-3-1)15-10-13-8-4-5-9-14(13)11-16-15;4*1-4(6)3-5(2)7;;;;/h3-8,10-11H,1-2H3;2-6,8-11H;1-6,8-10,18H,11H2;1-6,8-11H;4*3,6H,1-2H3;;;;/q4*-1;;;;;;;;. The molecule has 4 aromatic heterocycles. The minimum atomic E-state index is -0.125. The molecule has 12 rings (SSSR count). The number of rotatable bonds is 9. The number of ketones is 4. The number of aryl methyl sites for hydroxylation is 2. The molecule has 18 heteroatoms. The van der Waals surface area contributed by atoms with Crippen LogP contribution in [0.3, 0.4) is 0 Å². The van der Waals surface area contributed by atoms with Crippen molar-refractivity contribution in [1.82, 2.24) is 19.9 Å². The smallest absolute Gasteiger partial charge is 0.155 e. The predicted molar refractivity (Wildman–Crippen MR) is 394 cm³/mol. The summed E-state index contributed by atoms with van der Waals surface area (Å²) in [5.74, 6) is -0.250. The van der Waals surface area contributed by atoms with E-state index in [4.69, 9.17) is 32.1 Å². The Hall–Kier alpha value is -9.71. The van der Waals surface area contributed by atoms with Crippen LogP contribution in [0.5, 0.6) is 0 Å². The van der Waals surface area contributed by atoms with Crippen molar-refractivity contribution in [3.8, 4) is 45.0 Å². The van der Waals surface area contributed by atoms with Crippen molar-refractivity contribution >= 4 is 71.9 Å². The van der Waals surface area contributed by atoms with E-state index in [0.717, 1.165) is 77.7 Å². The molecule has 0 saturated heterocycles. The van der Waals surface area contributed by atoms with Gasteiger partial charge in [0.15, 0.2) is 23.1 Å². The van der Waals surface area contributed by atoms with Gasteiger partial charge in [-0.15, -0.1) is 130 Å². The Balaban J connectivity index is 0.000000600. The number of carbonyl (C=O) groups is 4. The number of fused-ring (bicyclic) bond motifs is 4. The molecule has 532 valence electrons. The van der Waals surface area contributed by atoms with Crippen molar-refractivity contribution in [3.05, 3.63) is 319 Å². The summed E-state index contributed by atoms with van der Waals surface area (Å²) in [6, 6.07) is 76.9. The molecule has 0 unspecified atom stereocenters. The van der Waals surface area contributed by atoms with Crippen molar-refractivity contribution in [2.45, 2.75) is 75.8 Å². The van der Waals surface area contributed by atoms with E-state index in [-0.39, 0.29) is 133 Å². The summed E-state index contributed by atoms with van der Waals surface area (Å²) >= 11 is 0. The van der Waals surface area contributed by atoms with Crippen LogP contribution >= 0.6 is 0 Å². The first kappa shape index (κ1) is 90.3. The third-order valence-corrected chi connectivity index (χ3v) is 13.1. The number of aromatic nitrogens is 4. The fraction of sp³-hybridized carbons (Fsp3) is 0.131. The van der Waals surface area contributed by atoms with Gasteiger partial charge in [0, 0.05) is 130 Å². The molecule has 0 aliphatic heterocycles. The molecule has 4 heterocycles. The molecular formula is C84H77Ir4N5O9-4. The van der Waals surface area contributed by atoms with Crippen molar-refractivity contribution in [3.63, 3.8) is 0 Å². The van der Waals surface area contributed by atoms with E-state index in [1.807, 2.05) is 140 Å². The third kappa shape index (κ3) is 33.6. The molecule has 0 saturated carbocycles. The number of pyridine rings is 4. The van der Waals surface area contributed by atoms with Gasteiger partial charge in [-0.25, -0.2) is 0 Å². The van der Waals surface area contributed by atoms with Gasteiger partial charge in [0.05, 0.1) is 36.2 Å². The zero-order chi connectivity index (χ0) is 71.5. The molecule has 0 aliphatic rings. The molecule has 4 radical (unpaired) electrons. The maximum absolute atomic E-state index is 10.0. The summed E-state index contributed by atoms with van der Waals surface area (Å²) in [7, 11) is 0. The van der Waals surface area contributed by atoms with Crippen molar-refractivity contribution in [1.29, 1.82) is 0 Å². The van der Waals surface area contributed by atoms with Crippen LogP contribution in [0.2, 0.25) is 0 Å². The van der Waals surface area contributed by atoms with Gasteiger partial charge in [0.25, 0.3) is 0 Å². The largest absolute Gasteiger partial charge is 0.512 e. The third-order valence-electron chi connectivity index (χ3n) is 13.1. The summed E-state index contributed by atoms with van der Waals surface area (Å²) in [5, 5.41) is 51.9. The number of aliphatic hydroxyl groups excluding tert-OH is 5. The van der Waals surface area contributed by atoms with Gasteiger partial charge >= 0.3 is 0 Å². The molecule has 0 spiro atoms. The van der Waals surface area contributed by atoms with E-state index in [2.05, 4.69) is 130 Å². The number of aliphatic hydroxyl groups is 5. The molecule has 14 nitrogen and oxygen atoms in total. The second-order valence-electron chi connectivity index (χ2n) is 22.1. The SMILES string of the molecule is CC(=O)C=C(C)O.CC(=O)C=C(C)O.CC(=O)C=C(C)O.CC(=O)C=C(C)O.Cc1[c-]c(-c2cc3ccccc3cn2)cc(C)c1.OCc1cc[c-]c(-c2cc3ccccc3cn2)c1.[C-]#[N+]c1cc[c-]c(-c2cc3ccccc3cn2)c1.[Ir].[Ir].[Ir].[Ir].[c-]1ccccc1-c1cc2ccccc2cn1. The Labute approximate surface area is 651 Å². The summed E-state index contributed by atoms with van der Waals surface area (Å²) in [6.07, 6.45) is 12.2. The number of benzene rings is 8. The van der Waals surface area contributed by atoms with Crippen LogP contribution in [0.4, 0.5) is 5.69 Å². The molecule has 12 aromatic rings. The predicted octanol–water partition coefficient (Wildman–Crippen LogP) is 19.6. The van der Waals surface area contributed by atoms with Gasteiger partial charge in [-0.2, -0.15) is 6.07 Å². The first-order chi connectivity index (χ1) is 46.9. The van der Waals surface area contributed by atoms with Gasteiger partial charge in [-0.05, 0) is 121 Å². The van der Waals surface area contributed by atoms with Gasteiger partial charge in [-0.3, -0.25) is 24.0 Å². The average Bonchev–Trinajstić information content (AvgIpc) is 0.834. The van der Waals surface area contributed by atoms with Crippen LogP contribution in [0.1, 0.15) is 72.1 Å². The van der Waals surface area contributed by atoms with Crippen molar-refractivity contribution in [2.24, 2.45) is 0 Å². The Kier molecular flexibility index (Phi) is 42.6. The van der Waals surface area contributed by atoms with Crippen LogP contribution in [-0.4, -0.2) is 68.6 Å². The van der Waals surface area contributed by atoms with E-state index in [0.29, 0.717) is 5.69 Å².